The summed E-state index contributed by atoms with van der Waals surface area (Å²) in [5.74, 6) is -0.944. The number of hydrogen-bond acceptors (Lipinski definition) is 3. The highest BCUT2D eigenvalue weighted by atomic mass is 17.2. The van der Waals surface area contributed by atoms with Gasteiger partial charge in [-0.2, -0.15) is 0 Å². The maximum Gasteiger partial charge on any atom is 0.336 e. The number of carboxylic acids is 1. The van der Waals surface area contributed by atoms with Crippen molar-refractivity contribution in [2.24, 2.45) is 0 Å². The van der Waals surface area contributed by atoms with Gasteiger partial charge in [0.15, 0.2) is 6.10 Å². The van der Waals surface area contributed by atoms with Crippen molar-refractivity contribution in [1.29, 1.82) is 0 Å². The first-order valence-electron chi connectivity index (χ1n) is 7.50. The van der Waals surface area contributed by atoms with E-state index in [-0.39, 0.29) is 0 Å². The summed E-state index contributed by atoms with van der Waals surface area (Å²) in [4.78, 5) is 21.4. The van der Waals surface area contributed by atoms with Gasteiger partial charge in [0, 0.05) is 0 Å². The Hall–Kier alpha value is -0.610. The van der Waals surface area contributed by atoms with Crippen LogP contribution in [0, 0.1) is 0 Å². The largest absolute Gasteiger partial charge is 0.479 e. The molecule has 114 valence electrons. The molecule has 1 atom stereocenters. The number of carboxylic acid groups (broad SMARTS) is 1. The Kier molecular flexibility index (Phi) is 9.88. The number of carbonyl (C=O) groups is 1. The Morgan fingerprint density at radius 3 is 2.21 bits per heavy atom. The van der Waals surface area contributed by atoms with E-state index in [0.717, 1.165) is 19.3 Å². The molecule has 0 bridgehead atoms. The average molecular weight is 274 g/mol. The molecular weight excluding hydrogens is 244 g/mol. The first-order chi connectivity index (χ1) is 8.93. The summed E-state index contributed by atoms with van der Waals surface area (Å²) >= 11 is 0. The summed E-state index contributed by atoms with van der Waals surface area (Å²) in [5.41, 5.74) is -0.436. The second-order valence-electron chi connectivity index (χ2n) is 5.68. The fourth-order valence-electron chi connectivity index (χ4n) is 1.57. The predicted molar refractivity (Wildman–Crippen MR) is 76.0 cm³/mol. The Morgan fingerprint density at radius 2 is 1.68 bits per heavy atom. The Balaban J connectivity index is 3.84. The van der Waals surface area contributed by atoms with E-state index in [1.807, 2.05) is 20.8 Å². The third-order valence-corrected chi connectivity index (χ3v) is 3.34. The van der Waals surface area contributed by atoms with Gasteiger partial charge in [0.2, 0.25) is 0 Å². The molecule has 0 rings (SSSR count). The highest BCUT2D eigenvalue weighted by Crippen LogP contribution is 2.17. The van der Waals surface area contributed by atoms with Crippen LogP contribution in [0.25, 0.3) is 0 Å². The van der Waals surface area contributed by atoms with Gasteiger partial charge >= 0.3 is 5.97 Å². The molecule has 1 N–H and O–H groups in total. The molecule has 0 spiro atoms. The van der Waals surface area contributed by atoms with Crippen LogP contribution < -0.4 is 0 Å². The molecule has 0 aliphatic carbocycles. The van der Waals surface area contributed by atoms with E-state index >= 15 is 0 Å². The smallest absolute Gasteiger partial charge is 0.336 e. The zero-order valence-electron chi connectivity index (χ0n) is 12.9. The molecule has 4 nitrogen and oxygen atoms in total. The lowest BCUT2D eigenvalue weighted by atomic mass is 10.1. The van der Waals surface area contributed by atoms with Gasteiger partial charge in [-0.15, -0.1) is 0 Å². The molecule has 0 aromatic carbocycles. The van der Waals surface area contributed by atoms with E-state index in [0.29, 0.717) is 6.42 Å². The number of aliphatic carboxylic acids is 1. The summed E-state index contributed by atoms with van der Waals surface area (Å²) in [6.07, 6.45) is 7.25. The summed E-state index contributed by atoms with van der Waals surface area (Å²) < 4.78 is 0. The van der Waals surface area contributed by atoms with Crippen LogP contribution in [0.5, 0.6) is 0 Å². The molecule has 0 radical (unpaired) electrons. The van der Waals surface area contributed by atoms with Crippen molar-refractivity contribution in [1.82, 2.24) is 0 Å². The third kappa shape index (κ3) is 9.91. The SMILES string of the molecule is CCCCCCCCC(OOC(C)(C)CC)C(=O)O. The van der Waals surface area contributed by atoms with Crippen molar-refractivity contribution in [3.05, 3.63) is 0 Å². The Labute approximate surface area is 117 Å². The van der Waals surface area contributed by atoms with E-state index in [2.05, 4.69) is 6.92 Å². The maximum absolute atomic E-state index is 11.1. The van der Waals surface area contributed by atoms with Crippen molar-refractivity contribution < 1.29 is 19.7 Å². The fourth-order valence-corrected chi connectivity index (χ4v) is 1.57. The predicted octanol–water partition coefficient (Wildman–Crippen LogP) is 4.33. The van der Waals surface area contributed by atoms with Gasteiger partial charge in [-0.05, 0) is 26.7 Å². The summed E-state index contributed by atoms with van der Waals surface area (Å²) in [5, 5.41) is 9.08. The van der Waals surface area contributed by atoms with E-state index in [4.69, 9.17) is 14.9 Å². The fraction of sp³-hybridized carbons (Fsp3) is 0.933. The van der Waals surface area contributed by atoms with Gasteiger partial charge in [-0.1, -0.05) is 52.4 Å². The summed E-state index contributed by atoms with van der Waals surface area (Å²) in [6, 6.07) is 0. The molecule has 0 aliphatic rings. The van der Waals surface area contributed by atoms with Crippen LogP contribution in [0.2, 0.25) is 0 Å². The topological polar surface area (TPSA) is 55.8 Å². The lowest BCUT2D eigenvalue weighted by molar-refractivity contribution is -0.373. The van der Waals surface area contributed by atoms with Crippen LogP contribution in [0.4, 0.5) is 0 Å². The monoisotopic (exact) mass is 274 g/mol. The van der Waals surface area contributed by atoms with Gasteiger partial charge in [0.1, 0.15) is 0 Å². The number of rotatable bonds is 12. The first-order valence-corrected chi connectivity index (χ1v) is 7.50. The van der Waals surface area contributed by atoms with Crippen LogP contribution in [0.3, 0.4) is 0 Å². The normalized spacial score (nSPS) is 13.5. The van der Waals surface area contributed by atoms with Crippen molar-refractivity contribution in [2.45, 2.75) is 90.8 Å². The van der Waals surface area contributed by atoms with Gasteiger partial charge in [0.25, 0.3) is 0 Å². The summed E-state index contributed by atoms with van der Waals surface area (Å²) in [7, 11) is 0. The minimum absolute atomic E-state index is 0.436. The molecule has 0 saturated heterocycles. The van der Waals surface area contributed by atoms with E-state index in [1.54, 1.807) is 0 Å². The van der Waals surface area contributed by atoms with Crippen LogP contribution in [0.15, 0.2) is 0 Å². The minimum Gasteiger partial charge on any atom is -0.479 e. The second-order valence-corrected chi connectivity index (χ2v) is 5.68. The lowest BCUT2D eigenvalue weighted by Crippen LogP contribution is -2.31. The molecule has 0 aromatic heterocycles. The Bertz CT molecular complexity index is 238. The standard InChI is InChI=1S/C15H30O4/c1-5-7-8-9-10-11-12-13(14(16)17)18-19-15(3,4)6-2/h13H,5-12H2,1-4H3,(H,16,17). The maximum atomic E-state index is 11.1. The molecule has 0 heterocycles. The number of hydrogen-bond donors (Lipinski definition) is 1. The molecule has 0 aromatic rings. The van der Waals surface area contributed by atoms with Crippen LogP contribution in [-0.4, -0.2) is 22.8 Å². The van der Waals surface area contributed by atoms with E-state index < -0.39 is 17.7 Å². The van der Waals surface area contributed by atoms with Crippen LogP contribution in [0.1, 0.15) is 79.1 Å². The molecule has 0 aliphatic heterocycles. The highest BCUT2D eigenvalue weighted by Gasteiger charge is 2.24. The van der Waals surface area contributed by atoms with Gasteiger partial charge < -0.3 is 5.11 Å². The molecule has 4 heteroatoms. The molecule has 0 saturated carbocycles. The van der Waals surface area contributed by atoms with E-state index in [1.165, 1.54) is 25.7 Å². The zero-order chi connectivity index (χ0) is 14.7. The van der Waals surface area contributed by atoms with Gasteiger partial charge in [-0.25, -0.2) is 14.6 Å². The minimum atomic E-state index is -0.944. The molecular formula is C15H30O4. The molecule has 0 fully saturated rings. The summed E-state index contributed by atoms with van der Waals surface area (Å²) in [6.45, 7) is 7.93. The molecule has 19 heavy (non-hydrogen) atoms. The van der Waals surface area contributed by atoms with E-state index in [9.17, 15) is 4.79 Å². The average Bonchev–Trinajstić information content (AvgIpc) is 2.36. The van der Waals surface area contributed by atoms with Crippen molar-refractivity contribution >= 4 is 5.97 Å². The third-order valence-electron chi connectivity index (χ3n) is 3.34. The highest BCUT2D eigenvalue weighted by molar-refractivity contribution is 5.72. The zero-order valence-corrected chi connectivity index (χ0v) is 12.9. The molecule has 1 unspecified atom stereocenters. The Morgan fingerprint density at radius 1 is 1.11 bits per heavy atom. The number of unbranched alkanes of at least 4 members (excludes halogenated alkanes) is 5. The quantitative estimate of drug-likeness (QED) is 0.327. The van der Waals surface area contributed by atoms with Crippen LogP contribution in [-0.2, 0) is 14.6 Å². The van der Waals surface area contributed by atoms with Crippen molar-refractivity contribution in [2.75, 3.05) is 0 Å². The van der Waals surface area contributed by atoms with Gasteiger partial charge in [0.05, 0.1) is 5.60 Å². The van der Waals surface area contributed by atoms with Crippen molar-refractivity contribution in [3.63, 3.8) is 0 Å². The molecule has 0 amide bonds. The van der Waals surface area contributed by atoms with Crippen LogP contribution >= 0.6 is 0 Å². The first kappa shape index (κ1) is 18.4. The lowest BCUT2D eigenvalue weighted by Gasteiger charge is -2.23. The van der Waals surface area contributed by atoms with Crippen molar-refractivity contribution in [3.8, 4) is 0 Å². The second kappa shape index (κ2) is 10.2. The van der Waals surface area contributed by atoms with Gasteiger partial charge in [-0.3, -0.25) is 0 Å².